The zero-order chi connectivity index (χ0) is 27.1. The molecule has 1 aliphatic heterocycles. The molecule has 0 aliphatic carbocycles. The lowest BCUT2D eigenvalue weighted by atomic mass is 9.97. The number of piperidine rings is 1. The Bertz CT molecular complexity index is 1470. The van der Waals surface area contributed by atoms with Crippen molar-refractivity contribution in [3.63, 3.8) is 0 Å². The summed E-state index contributed by atoms with van der Waals surface area (Å²) in [5.74, 6) is 1.00. The smallest absolute Gasteiger partial charge is 0.409 e. The first-order valence-electron chi connectivity index (χ1n) is 11.7. The van der Waals surface area contributed by atoms with Gasteiger partial charge < -0.3 is 14.2 Å². The Morgan fingerprint density at radius 2 is 1.84 bits per heavy atom. The molecule has 198 valence electrons. The number of nitrogens with zero attached hydrogens (tertiary/aromatic N) is 4. The Kier molecular flexibility index (Phi) is 8.44. The van der Waals surface area contributed by atoms with E-state index in [-0.39, 0.29) is 16.6 Å². The second kappa shape index (κ2) is 11.9. The number of aryl methyl sites for hydroxylation is 1. The first-order chi connectivity index (χ1) is 18.2. The number of amides is 1. The molecule has 12 heteroatoms. The van der Waals surface area contributed by atoms with Gasteiger partial charge in [-0.15, -0.1) is 0 Å². The summed E-state index contributed by atoms with van der Waals surface area (Å²) in [7, 11) is -4.02. The quantitative estimate of drug-likeness (QED) is 0.359. The van der Waals surface area contributed by atoms with Crippen LogP contribution >= 0.6 is 0 Å². The van der Waals surface area contributed by atoms with Gasteiger partial charge in [-0.25, -0.2) is 9.18 Å². The average Bonchev–Trinajstić information content (AvgIpc) is 3.40. The molecule has 4 aromatic rings. The summed E-state index contributed by atoms with van der Waals surface area (Å²) in [5, 5.41) is 3.95. The first-order valence-corrected chi connectivity index (χ1v) is 13.1. The first kappa shape index (κ1) is 26.9. The van der Waals surface area contributed by atoms with Crippen LogP contribution in [0.1, 0.15) is 30.2 Å². The third-order valence-corrected chi connectivity index (χ3v) is 6.65. The highest BCUT2D eigenvalue weighted by Crippen LogP contribution is 2.29. The molecular weight excluding hydrogens is 515 g/mol. The summed E-state index contributed by atoms with van der Waals surface area (Å²) in [6.45, 7) is 2.90. The van der Waals surface area contributed by atoms with Gasteiger partial charge in [0, 0.05) is 30.8 Å². The second-order valence-corrected chi connectivity index (χ2v) is 9.99. The molecule has 38 heavy (non-hydrogen) atoms. The van der Waals surface area contributed by atoms with Gasteiger partial charge in [0.25, 0.3) is 10.1 Å². The van der Waals surface area contributed by atoms with E-state index in [4.69, 9.17) is 13.8 Å². The van der Waals surface area contributed by atoms with Crippen LogP contribution in [-0.2, 0) is 10.1 Å². The van der Waals surface area contributed by atoms with E-state index in [2.05, 4.69) is 15.1 Å². The molecule has 0 bridgehead atoms. The van der Waals surface area contributed by atoms with Crippen molar-refractivity contribution < 1.29 is 31.4 Å². The Hall–Kier alpha value is -4.16. The summed E-state index contributed by atoms with van der Waals surface area (Å²) in [6, 6.07) is 15.4. The number of halogens is 1. The minimum absolute atomic E-state index is 0.0576. The molecule has 0 unspecified atom stereocenters. The van der Waals surface area contributed by atoms with Gasteiger partial charge >= 0.3 is 6.09 Å². The Morgan fingerprint density at radius 3 is 2.47 bits per heavy atom. The number of pyridine rings is 1. The number of carbonyl (C=O) groups is 1. The van der Waals surface area contributed by atoms with Gasteiger partial charge in [-0.2, -0.15) is 13.4 Å². The third-order valence-electron chi connectivity index (χ3n) is 5.79. The van der Waals surface area contributed by atoms with Gasteiger partial charge in [0.1, 0.15) is 5.82 Å². The van der Waals surface area contributed by atoms with Gasteiger partial charge in [-0.1, -0.05) is 35.0 Å². The highest BCUT2D eigenvalue weighted by molar-refractivity contribution is 7.85. The molecule has 1 fully saturated rings. The van der Waals surface area contributed by atoms with Crippen LogP contribution in [0.5, 0.6) is 5.75 Å². The molecule has 1 saturated heterocycles. The van der Waals surface area contributed by atoms with Crippen molar-refractivity contribution in [2.45, 2.75) is 30.6 Å². The lowest BCUT2D eigenvalue weighted by molar-refractivity contribution is 0.135. The van der Waals surface area contributed by atoms with E-state index in [1.54, 1.807) is 47.5 Å². The monoisotopic (exact) mass is 540 g/mol. The van der Waals surface area contributed by atoms with Crippen LogP contribution in [0.3, 0.4) is 0 Å². The van der Waals surface area contributed by atoms with Crippen molar-refractivity contribution in [2.24, 2.45) is 0 Å². The van der Waals surface area contributed by atoms with E-state index < -0.39 is 16.2 Å². The van der Waals surface area contributed by atoms with Gasteiger partial charge in [-0.05, 0) is 56.2 Å². The number of hydrogen-bond donors (Lipinski definition) is 1. The highest BCUT2D eigenvalue weighted by Gasteiger charge is 2.28. The number of hydrogen-bond acceptors (Lipinski definition) is 8. The van der Waals surface area contributed by atoms with Crippen molar-refractivity contribution in [3.8, 4) is 17.1 Å². The van der Waals surface area contributed by atoms with Crippen molar-refractivity contribution in [3.05, 3.63) is 90.3 Å². The summed E-state index contributed by atoms with van der Waals surface area (Å²) in [4.78, 5) is 22.1. The van der Waals surface area contributed by atoms with Gasteiger partial charge in [0.05, 0.1) is 11.1 Å². The standard InChI is InChI=1S/C19H17FN4O3.C7H8O3S/c20-15-4-1-3-14(11-15)17-22-18(27-23-17)13-6-9-24(10-7-13)19(25)26-16-5-2-8-21-12-16;1-6-2-4-7(5-3-6)11(8,9)10/h1-5,8,11-13H,6-7,9-10H2;2-5H,1H3,(H,8,9,10). The zero-order valence-electron chi connectivity index (χ0n) is 20.4. The zero-order valence-corrected chi connectivity index (χ0v) is 21.2. The van der Waals surface area contributed by atoms with Gasteiger partial charge in [0.2, 0.25) is 11.7 Å². The maximum atomic E-state index is 13.3. The van der Waals surface area contributed by atoms with Crippen molar-refractivity contribution in [2.75, 3.05) is 13.1 Å². The largest absolute Gasteiger partial charge is 0.415 e. The van der Waals surface area contributed by atoms with E-state index in [0.29, 0.717) is 49.0 Å². The van der Waals surface area contributed by atoms with Crippen LogP contribution in [0.2, 0.25) is 0 Å². The number of carbonyl (C=O) groups excluding carboxylic acids is 1. The molecule has 1 amide bonds. The number of benzene rings is 2. The minimum atomic E-state index is -4.02. The van der Waals surface area contributed by atoms with E-state index in [1.165, 1.54) is 30.5 Å². The molecule has 3 heterocycles. The van der Waals surface area contributed by atoms with Crippen LogP contribution in [0, 0.1) is 12.7 Å². The van der Waals surface area contributed by atoms with E-state index in [9.17, 15) is 17.6 Å². The van der Waals surface area contributed by atoms with E-state index >= 15 is 0 Å². The average molecular weight is 541 g/mol. The maximum Gasteiger partial charge on any atom is 0.415 e. The fraction of sp³-hybridized carbons (Fsp3) is 0.231. The summed E-state index contributed by atoms with van der Waals surface area (Å²) in [6.07, 6.45) is 4.09. The Labute approximate surface area is 218 Å². The Balaban J connectivity index is 0.000000257. The molecule has 1 aliphatic rings. The Morgan fingerprint density at radius 1 is 1.11 bits per heavy atom. The predicted octanol–water partition coefficient (Wildman–Crippen LogP) is 4.89. The number of likely N-dealkylation sites (tertiary alicyclic amines) is 1. The van der Waals surface area contributed by atoms with Crippen molar-refractivity contribution >= 4 is 16.2 Å². The summed E-state index contributed by atoms with van der Waals surface area (Å²) >= 11 is 0. The molecule has 0 spiro atoms. The fourth-order valence-corrected chi connectivity index (χ4v) is 4.22. The molecule has 2 aromatic carbocycles. The predicted molar refractivity (Wildman–Crippen MR) is 134 cm³/mol. The molecule has 10 nitrogen and oxygen atoms in total. The normalized spacial score (nSPS) is 13.9. The lowest BCUT2D eigenvalue weighted by Crippen LogP contribution is -2.39. The van der Waals surface area contributed by atoms with Crippen LogP contribution < -0.4 is 4.74 Å². The topological polar surface area (TPSA) is 136 Å². The molecule has 0 radical (unpaired) electrons. The highest BCUT2D eigenvalue weighted by atomic mass is 32.2. The molecule has 0 atom stereocenters. The molecule has 5 rings (SSSR count). The van der Waals surface area contributed by atoms with E-state index in [0.717, 1.165) is 5.56 Å². The number of ether oxygens (including phenoxy) is 1. The fourth-order valence-electron chi connectivity index (χ4n) is 3.74. The molecule has 2 aromatic heterocycles. The molecule has 1 N–H and O–H groups in total. The summed E-state index contributed by atoms with van der Waals surface area (Å²) < 4.78 is 53.6. The van der Waals surface area contributed by atoms with Crippen LogP contribution in [0.25, 0.3) is 11.4 Å². The maximum absolute atomic E-state index is 13.3. The second-order valence-electron chi connectivity index (χ2n) is 8.57. The number of rotatable bonds is 4. The summed E-state index contributed by atoms with van der Waals surface area (Å²) in [5.41, 5.74) is 1.53. The van der Waals surface area contributed by atoms with Gasteiger partial charge in [0.15, 0.2) is 5.75 Å². The van der Waals surface area contributed by atoms with Crippen LogP contribution in [0.4, 0.5) is 9.18 Å². The molecular formula is C26H25FN4O6S. The van der Waals surface area contributed by atoms with Crippen molar-refractivity contribution in [1.82, 2.24) is 20.0 Å². The van der Waals surface area contributed by atoms with E-state index in [1.807, 2.05) is 6.92 Å². The van der Waals surface area contributed by atoms with Crippen LogP contribution in [0.15, 0.2) is 82.5 Å². The number of aromatic nitrogens is 3. The van der Waals surface area contributed by atoms with Gasteiger partial charge in [-0.3, -0.25) is 9.54 Å². The SMILES string of the molecule is Cc1ccc(S(=O)(=O)O)cc1.O=C(Oc1cccnc1)N1CCC(c2nc(-c3cccc(F)c3)no2)CC1. The minimum Gasteiger partial charge on any atom is -0.409 e. The lowest BCUT2D eigenvalue weighted by Gasteiger charge is -2.29. The molecule has 0 saturated carbocycles. The third kappa shape index (κ3) is 7.20. The van der Waals surface area contributed by atoms with Crippen LogP contribution in [-0.4, -0.2) is 52.2 Å². The van der Waals surface area contributed by atoms with Crippen molar-refractivity contribution in [1.29, 1.82) is 0 Å².